The number of thioether (sulfide) groups is 1. The van der Waals surface area contributed by atoms with Gasteiger partial charge in [-0.25, -0.2) is 4.98 Å². The number of aliphatic hydroxyl groups is 1. The Kier molecular flexibility index (Phi) is 5.27. The maximum Gasteiger partial charge on any atom is 0.194 e. The largest absolute Gasteiger partial charge is 0.395 e. The van der Waals surface area contributed by atoms with E-state index < -0.39 is 0 Å². The Balaban J connectivity index is 2.16. The van der Waals surface area contributed by atoms with Crippen molar-refractivity contribution in [3.05, 3.63) is 17.3 Å². The van der Waals surface area contributed by atoms with Crippen LogP contribution in [0.15, 0.2) is 16.6 Å². The summed E-state index contributed by atoms with van der Waals surface area (Å²) in [6, 6.07) is 0. The topological polar surface area (TPSA) is 49.6 Å². The molecule has 1 unspecified atom stereocenters. The first-order valence-electron chi connectivity index (χ1n) is 6.54. The fourth-order valence-corrected chi connectivity index (χ4v) is 3.47. The van der Waals surface area contributed by atoms with Gasteiger partial charge in [-0.05, 0) is 12.5 Å². The van der Waals surface area contributed by atoms with Crippen LogP contribution in [-0.2, 0) is 6.54 Å². The third-order valence-electron chi connectivity index (χ3n) is 2.74. The predicted octanol–water partition coefficient (Wildman–Crippen LogP) is 2.61. The molecular weight excluding hydrogens is 278 g/mol. The van der Waals surface area contributed by atoms with E-state index in [1.54, 1.807) is 23.1 Å². The Morgan fingerprint density at radius 3 is 2.95 bits per heavy atom. The summed E-state index contributed by atoms with van der Waals surface area (Å²) in [5.74, 6) is 0.637. The second-order valence-electron chi connectivity index (χ2n) is 5.06. The molecule has 0 aromatic carbocycles. The van der Waals surface area contributed by atoms with Gasteiger partial charge >= 0.3 is 0 Å². The average molecular weight is 299 g/mol. The number of fused-ring (bicyclic) bond motifs is 1. The summed E-state index contributed by atoms with van der Waals surface area (Å²) in [6.45, 7) is 8.41. The van der Waals surface area contributed by atoms with Crippen LogP contribution in [0.5, 0.6) is 0 Å². The summed E-state index contributed by atoms with van der Waals surface area (Å²) in [7, 11) is 0. The van der Waals surface area contributed by atoms with E-state index in [1.807, 2.05) is 6.92 Å². The third kappa shape index (κ3) is 3.72. The van der Waals surface area contributed by atoms with E-state index >= 15 is 0 Å². The molecule has 0 aliphatic heterocycles. The van der Waals surface area contributed by atoms with Crippen molar-refractivity contribution in [1.29, 1.82) is 0 Å². The number of rotatable bonds is 7. The maximum atomic E-state index is 9.19. The third-order valence-corrected chi connectivity index (χ3v) is 4.60. The zero-order valence-corrected chi connectivity index (χ0v) is 13.2. The lowest BCUT2D eigenvalue weighted by Gasteiger charge is -2.10. The Hall–Kier alpha value is -0.560. The average Bonchev–Trinajstić information content (AvgIpc) is 2.91. The Morgan fingerprint density at radius 2 is 2.26 bits per heavy atom. The van der Waals surface area contributed by atoms with E-state index in [9.17, 15) is 5.11 Å². The highest BCUT2D eigenvalue weighted by molar-refractivity contribution is 7.99. The summed E-state index contributed by atoms with van der Waals surface area (Å²) in [5.41, 5.74) is 1.20. The Morgan fingerprint density at radius 1 is 1.47 bits per heavy atom. The first kappa shape index (κ1) is 14.8. The fourth-order valence-electron chi connectivity index (χ4n) is 1.78. The van der Waals surface area contributed by atoms with Crippen LogP contribution in [0.2, 0.25) is 0 Å². The molecule has 0 bridgehead atoms. The van der Waals surface area contributed by atoms with Crippen LogP contribution in [0, 0.1) is 5.92 Å². The van der Waals surface area contributed by atoms with Gasteiger partial charge in [-0.1, -0.05) is 32.5 Å². The first-order valence-corrected chi connectivity index (χ1v) is 8.30. The molecule has 2 aromatic heterocycles. The molecule has 2 heterocycles. The highest BCUT2D eigenvalue weighted by Gasteiger charge is 2.15. The van der Waals surface area contributed by atoms with Gasteiger partial charge in [0.25, 0.3) is 0 Å². The zero-order valence-electron chi connectivity index (χ0n) is 11.6. The minimum absolute atomic E-state index is 0.174. The molecule has 1 atom stereocenters. The van der Waals surface area contributed by atoms with Crippen LogP contribution in [0.1, 0.15) is 26.5 Å². The molecule has 0 radical (unpaired) electrons. The monoisotopic (exact) mass is 299 g/mol. The van der Waals surface area contributed by atoms with Crippen LogP contribution >= 0.6 is 23.1 Å². The van der Waals surface area contributed by atoms with Crippen molar-refractivity contribution in [2.45, 2.75) is 37.6 Å². The predicted molar refractivity (Wildman–Crippen MR) is 82.0 cm³/mol. The highest BCUT2D eigenvalue weighted by Crippen LogP contribution is 2.28. The van der Waals surface area contributed by atoms with Gasteiger partial charge in [0.05, 0.1) is 12.3 Å². The molecule has 0 saturated carbocycles. The van der Waals surface area contributed by atoms with Crippen molar-refractivity contribution >= 4 is 28.1 Å². The van der Waals surface area contributed by atoms with Gasteiger partial charge in [0.1, 0.15) is 5.03 Å². The van der Waals surface area contributed by atoms with Gasteiger partial charge in [-0.3, -0.25) is 4.40 Å². The first-order chi connectivity index (χ1) is 9.11. The molecular formula is C13H21N3OS2. The molecule has 0 fully saturated rings. The number of hydrogen-bond donors (Lipinski definition) is 2. The van der Waals surface area contributed by atoms with Gasteiger partial charge in [-0.15, -0.1) is 11.3 Å². The Labute approximate surface area is 122 Å². The Bertz CT molecular complexity index is 521. The second-order valence-corrected chi connectivity index (χ2v) is 7.36. The van der Waals surface area contributed by atoms with Gasteiger partial charge < -0.3 is 10.4 Å². The van der Waals surface area contributed by atoms with Crippen LogP contribution in [0.3, 0.4) is 0 Å². The van der Waals surface area contributed by atoms with Gasteiger partial charge in [-0.2, -0.15) is 0 Å². The van der Waals surface area contributed by atoms with Gasteiger partial charge in [0.2, 0.25) is 0 Å². The molecule has 0 amide bonds. The van der Waals surface area contributed by atoms with Crippen molar-refractivity contribution < 1.29 is 5.11 Å². The number of thiazole rings is 1. The van der Waals surface area contributed by atoms with Crippen molar-refractivity contribution in [1.82, 2.24) is 14.7 Å². The van der Waals surface area contributed by atoms with Crippen molar-refractivity contribution in [2.24, 2.45) is 5.92 Å². The molecule has 19 heavy (non-hydrogen) atoms. The van der Waals surface area contributed by atoms with Crippen molar-refractivity contribution in [3.63, 3.8) is 0 Å². The van der Waals surface area contributed by atoms with Crippen LogP contribution in [-0.4, -0.2) is 32.9 Å². The van der Waals surface area contributed by atoms with E-state index in [4.69, 9.17) is 0 Å². The zero-order chi connectivity index (χ0) is 13.8. The summed E-state index contributed by atoms with van der Waals surface area (Å²) in [6.07, 6.45) is 2.06. The second kappa shape index (κ2) is 6.74. The molecule has 2 N–H and O–H groups in total. The van der Waals surface area contributed by atoms with Crippen LogP contribution < -0.4 is 5.32 Å². The van der Waals surface area contributed by atoms with E-state index in [2.05, 4.69) is 40.1 Å². The normalized spacial score (nSPS) is 13.5. The smallest absolute Gasteiger partial charge is 0.194 e. The molecule has 6 heteroatoms. The SMILES string of the molecule is CC(C)CNCc1c(SC(C)CO)nc2sccn12. The lowest BCUT2D eigenvalue weighted by atomic mass is 10.2. The molecule has 0 spiro atoms. The van der Waals surface area contributed by atoms with Crippen molar-refractivity contribution in [2.75, 3.05) is 13.2 Å². The number of aromatic nitrogens is 2. The lowest BCUT2D eigenvalue weighted by molar-refractivity contribution is 0.300. The van der Waals surface area contributed by atoms with E-state index in [-0.39, 0.29) is 11.9 Å². The molecule has 2 rings (SSSR count). The molecule has 0 aliphatic rings. The number of hydrogen-bond acceptors (Lipinski definition) is 5. The van der Waals surface area contributed by atoms with E-state index in [1.165, 1.54) is 5.69 Å². The van der Waals surface area contributed by atoms with E-state index in [0.717, 1.165) is 23.1 Å². The summed E-state index contributed by atoms with van der Waals surface area (Å²) in [5, 5.41) is 15.9. The minimum Gasteiger partial charge on any atom is -0.395 e. The number of imidazole rings is 1. The number of nitrogens with zero attached hydrogens (tertiary/aromatic N) is 2. The summed E-state index contributed by atoms with van der Waals surface area (Å²) in [4.78, 5) is 5.67. The van der Waals surface area contributed by atoms with Gasteiger partial charge in [0, 0.05) is 23.4 Å². The number of aliphatic hydroxyl groups excluding tert-OH is 1. The molecule has 0 aliphatic carbocycles. The quantitative estimate of drug-likeness (QED) is 0.772. The maximum absolute atomic E-state index is 9.19. The standard InChI is InChI=1S/C13H21N3OS2/c1-9(2)6-14-7-11-12(19-10(3)8-17)15-13-16(11)4-5-18-13/h4-5,9-10,14,17H,6-8H2,1-3H3. The molecule has 106 valence electrons. The van der Waals surface area contributed by atoms with Crippen LogP contribution in [0.4, 0.5) is 0 Å². The minimum atomic E-state index is 0.174. The van der Waals surface area contributed by atoms with Crippen LogP contribution in [0.25, 0.3) is 4.96 Å². The van der Waals surface area contributed by atoms with Gasteiger partial charge in [0.15, 0.2) is 4.96 Å². The molecule has 4 nitrogen and oxygen atoms in total. The molecule has 2 aromatic rings. The summed E-state index contributed by atoms with van der Waals surface area (Å²) >= 11 is 3.29. The fraction of sp³-hybridized carbons (Fsp3) is 0.615. The van der Waals surface area contributed by atoms with Crippen molar-refractivity contribution in [3.8, 4) is 0 Å². The molecule has 0 saturated heterocycles. The number of nitrogens with one attached hydrogen (secondary N) is 1. The highest BCUT2D eigenvalue weighted by atomic mass is 32.2. The summed E-state index contributed by atoms with van der Waals surface area (Å²) < 4.78 is 2.14. The lowest BCUT2D eigenvalue weighted by Crippen LogP contribution is -2.20. The van der Waals surface area contributed by atoms with E-state index in [0.29, 0.717) is 5.92 Å².